The second-order valence-corrected chi connectivity index (χ2v) is 5.88. The van der Waals surface area contributed by atoms with Gasteiger partial charge in [0, 0.05) is 4.90 Å². The van der Waals surface area contributed by atoms with Gasteiger partial charge in [-0.15, -0.1) is 11.8 Å². The van der Waals surface area contributed by atoms with Gasteiger partial charge in [-0.3, -0.25) is 0 Å². The minimum absolute atomic E-state index is 0.480. The van der Waals surface area contributed by atoms with Crippen LogP contribution in [0.15, 0.2) is 51.8 Å². The van der Waals surface area contributed by atoms with Gasteiger partial charge < -0.3 is 9.84 Å². The summed E-state index contributed by atoms with van der Waals surface area (Å²) in [4.78, 5) is 1.20. The Hall–Kier alpha value is -0.970. The lowest BCUT2D eigenvalue weighted by Crippen LogP contribution is -1.92. The maximum Gasteiger partial charge on any atom is 0.141 e. The first-order chi connectivity index (χ1) is 9.10. The summed E-state index contributed by atoms with van der Waals surface area (Å²) in [5, 5.41) is 9.52. The number of benzene rings is 2. The molecule has 0 radical (unpaired) electrons. The van der Waals surface area contributed by atoms with E-state index in [0.717, 1.165) is 21.5 Å². The van der Waals surface area contributed by atoms with E-state index in [2.05, 4.69) is 15.9 Å². The van der Waals surface area contributed by atoms with E-state index in [-0.39, 0.29) is 0 Å². The molecular weight excluding hydrogens is 324 g/mol. The average Bonchev–Trinajstić information content (AvgIpc) is 2.41. The molecule has 0 bridgehead atoms. The standard InChI is InChI=1S/C15H15BrO2S/c1-10(17)11-3-8-15(14(16)9-11)18-12-4-6-13(19-2)7-5-12/h3-10,17H,1-2H3. The molecule has 100 valence electrons. The third-order valence-electron chi connectivity index (χ3n) is 2.73. The molecule has 0 saturated heterocycles. The lowest BCUT2D eigenvalue weighted by Gasteiger charge is -2.11. The van der Waals surface area contributed by atoms with E-state index in [0.29, 0.717) is 0 Å². The first kappa shape index (κ1) is 14.4. The fourth-order valence-electron chi connectivity index (χ4n) is 1.63. The number of aliphatic hydroxyl groups is 1. The highest BCUT2D eigenvalue weighted by Gasteiger charge is 2.07. The van der Waals surface area contributed by atoms with Crippen LogP contribution in [0.3, 0.4) is 0 Å². The molecule has 1 N–H and O–H groups in total. The summed E-state index contributed by atoms with van der Waals surface area (Å²) in [7, 11) is 0. The van der Waals surface area contributed by atoms with Crippen LogP contribution in [0.1, 0.15) is 18.6 Å². The molecule has 4 heteroatoms. The van der Waals surface area contributed by atoms with E-state index in [1.165, 1.54) is 4.90 Å². The monoisotopic (exact) mass is 338 g/mol. The maximum atomic E-state index is 9.52. The maximum absolute atomic E-state index is 9.52. The van der Waals surface area contributed by atoms with E-state index in [4.69, 9.17) is 4.74 Å². The summed E-state index contributed by atoms with van der Waals surface area (Å²) in [6.07, 6.45) is 1.56. The molecule has 0 aromatic heterocycles. The number of rotatable bonds is 4. The van der Waals surface area contributed by atoms with Crippen molar-refractivity contribution in [2.75, 3.05) is 6.26 Å². The SMILES string of the molecule is CSc1ccc(Oc2ccc(C(C)O)cc2Br)cc1. The second-order valence-electron chi connectivity index (χ2n) is 4.14. The zero-order valence-electron chi connectivity index (χ0n) is 10.8. The van der Waals surface area contributed by atoms with Crippen LogP contribution >= 0.6 is 27.7 Å². The highest BCUT2D eigenvalue weighted by atomic mass is 79.9. The molecule has 2 nitrogen and oxygen atoms in total. The Kier molecular flexibility index (Phi) is 4.91. The largest absolute Gasteiger partial charge is 0.456 e. The van der Waals surface area contributed by atoms with Gasteiger partial charge in [0.1, 0.15) is 11.5 Å². The number of aliphatic hydroxyl groups excluding tert-OH is 1. The predicted octanol–water partition coefficient (Wildman–Crippen LogP) is 5.02. The molecule has 0 saturated carbocycles. The molecular formula is C15H15BrO2S. The Bertz CT molecular complexity index is 553. The summed E-state index contributed by atoms with van der Waals surface area (Å²) in [5.74, 6) is 1.53. The summed E-state index contributed by atoms with van der Waals surface area (Å²) >= 11 is 5.16. The Labute approximate surface area is 125 Å². The van der Waals surface area contributed by atoms with Gasteiger partial charge in [-0.1, -0.05) is 6.07 Å². The van der Waals surface area contributed by atoms with E-state index in [1.807, 2.05) is 48.7 Å². The van der Waals surface area contributed by atoms with Crippen molar-refractivity contribution in [3.05, 3.63) is 52.5 Å². The van der Waals surface area contributed by atoms with Crippen LogP contribution in [0.5, 0.6) is 11.5 Å². The van der Waals surface area contributed by atoms with E-state index in [1.54, 1.807) is 18.7 Å². The van der Waals surface area contributed by atoms with Gasteiger partial charge in [0.05, 0.1) is 10.6 Å². The van der Waals surface area contributed by atoms with Crippen molar-refractivity contribution in [1.82, 2.24) is 0 Å². The van der Waals surface area contributed by atoms with E-state index in [9.17, 15) is 5.11 Å². The Balaban J connectivity index is 2.18. The lowest BCUT2D eigenvalue weighted by atomic mass is 10.1. The van der Waals surface area contributed by atoms with Crippen molar-refractivity contribution in [2.24, 2.45) is 0 Å². The molecule has 1 unspecified atom stereocenters. The minimum Gasteiger partial charge on any atom is -0.456 e. The van der Waals surface area contributed by atoms with Crippen LogP contribution in [0.2, 0.25) is 0 Å². The molecule has 0 aliphatic heterocycles. The Morgan fingerprint density at radius 1 is 1.16 bits per heavy atom. The van der Waals surface area contributed by atoms with Gasteiger partial charge in [-0.05, 0) is 71.1 Å². The molecule has 0 aliphatic rings. The van der Waals surface area contributed by atoms with Gasteiger partial charge >= 0.3 is 0 Å². The first-order valence-corrected chi connectivity index (χ1v) is 7.91. The fraction of sp³-hybridized carbons (Fsp3) is 0.200. The third-order valence-corrected chi connectivity index (χ3v) is 4.09. The Morgan fingerprint density at radius 3 is 2.37 bits per heavy atom. The average molecular weight is 339 g/mol. The topological polar surface area (TPSA) is 29.5 Å². The number of thioether (sulfide) groups is 1. The fourth-order valence-corrected chi connectivity index (χ4v) is 2.52. The summed E-state index contributed by atoms with van der Waals surface area (Å²) in [6.45, 7) is 1.74. The summed E-state index contributed by atoms with van der Waals surface area (Å²) < 4.78 is 6.64. The highest BCUT2D eigenvalue weighted by Crippen LogP contribution is 2.32. The van der Waals surface area contributed by atoms with Crippen LogP contribution in [0.25, 0.3) is 0 Å². The molecule has 0 spiro atoms. The quantitative estimate of drug-likeness (QED) is 0.794. The van der Waals surface area contributed by atoms with Crippen LogP contribution in [0, 0.1) is 0 Å². The van der Waals surface area contributed by atoms with Gasteiger partial charge in [-0.25, -0.2) is 0 Å². The van der Waals surface area contributed by atoms with Crippen molar-refractivity contribution in [2.45, 2.75) is 17.9 Å². The zero-order chi connectivity index (χ0) is 13.8. The number of halogens is 1. The molecule has 0 heterocycles. The van der Waals surface area contributed by atoms with Crippen molar-refractivity contribution in [3.63, 3.8) is 0 Å². The Morgan fingerprint density at radius 2 is 1.84 bits per heavy atom. The lowest BCUT2D eigenvalue weighted by molar-refractivity contribution is 0.199. The second kappa shape index (κ2) is 6.46. The molecule has 19 heavy (non-hydrogen) atoms. The summed E-state index contributed by atoms with van der Waals surface area (Å²) in [6, 6.07) is 13.5. The van der Waals surface area contributed by atoms with Crippen LogP contribution < -0.4 is 4.74 Å². The minimum atomic E-state index is -0.480. The molecule has 1 atom stereocenters. The zero-order valence-corrected chi connectivity index (χ0v) is 13.2. The highest BCUT2D eigenvalue weighted by molar-refractivity contribution is 9.10. The predicted molar refractivity (Wildman–Crippen MR) is 83.1 cm³/mol. The number of hydrogen-bond donors (Lipinski definition) is 1. The third kappa shape index (κ3) is 3.75. The van der Waals surface area contributed by atoms with Crippen molar-refractivity contribution in [3.8, 4) is 11.5 Å². The van der Waals surface area contributed by atoms with Crippen LogP contribution in [-0.4, -0.2) is 11.4 Å². The summed E-state index contributed by atoms with van der Waals surface area (Å²) in [5.41, 5.74) is 0.858. The number of ether oxygens (including phenoxy) is 1. The van der Waals surface area contributed by atoms with Gasteiger partial charge in [-0.2, -0.15) is 0 Å². The smallest absolute Gasteiger partial charge is 0.141 e. The molecule has 0 aliphatic carbocycles. The number of hydrogen-bond acceptors (Lipinski definition) is 3. The first-order valence-electron chi connectivity index (χ1n) is 5.89. The van der Waals surface area contributed by atoms with Crippen molar-refractivity contribution in [1.29, 1.82) is 0 Å². The van der Waals surface area contributed by atoms with Crippen LogP contribution in [0.4, 0.5) is 0 Å². The van der Waals surface area contributed by atoms with Crippen molar-refractivity contribution >= 4 is 27.7 Å². The molecule has 0 fully saturated rings. The van der Waals surface area contributed by atoms with Gasteiger partial charge in [0.25, 0.3) is 0 Å². The molecule has 2 aromatic rings. The van der Waals surface area contributed by atoms with Gasteiger partial charge in [0.15, 0.2) is 0 Å². The normalized spacial score (nSPS) is 12.2. The van der Waals surface area contributed by atoms with Crippen LogP contribution in [-0.2, 0) is 0 Å². The van der Waals surface area contributed by atoms with E-state index >= 15 is 0 Å². The van der Waals surface area contributed by atoms with Crippen molar-refractivity contribution < 1.29 is 9.84 Å². The van der Waals surface area contributed by atoms with Gasteiger partial charge in [0.2, 0.25) is 0 Å². The molecule has 2 aromatic carbocycles. The van der Waals surface area contributed by atoms with E-state index < -0.39 is 6.10 Å². The molecule has 0 amide bonds. The molecule has 2 rings (SSSR count).